The number of likely N-dealkylation sites (N-methyl/N-ethyl adjacent to an activating group) is 1. The molecule has 0 atom stereocenters. The van der Waals surface area contributed by atoms with E-state index in [-0.39, 0.29) is 68.0 Å². The number of carbonyl (C=O) groups excluding carboxylic acids is 4. The zero-order valence-corrected chi connectivity index (χ0v) is 39.7. The zero-order chi connectivity index (χ0) is 44.2. The van der Waals surface area contributed by atoms with Crippen molar-refractivity contribution in [1.82, 2.24) is 24.5 Å². The summed E-state index contributed by atoms with van der Waals surface area (Å²) in [4.78, 5) is 68.0. The van der Waals surface area contributed by atoms with Crippen molar-refractivity contribution in [2.45, 2.75) is 27.7 Å². The fourth-order valence-corrected chi connectivity index (χ4v) is 7.12. The van der Waals surface area contributed by atoms with Crippen LogP contribution < -0.4 is 43.9 Å². The minimum atomic E-state index is -4.45. The Morgan fingerprint density at radius 3 is 2.13 bits per heavy atom. The van der Waals surface area contributed by atoms with Gasteiger partial charge in [0.1, 0.15) is 35.5 Å². The van der Waals surface area contributed by atoms with Gasteiger partial charge in [-0.25, -0.2) is 0 Å². The molecule has 0 aromatic heterocycles. The summed E-state index contributed by atoms with van der Waals surface area (Å²) >= 11 is 11.4. The van der Waals surface area contributed by atoms with Crippen LogP contribution in [-0.2, 0) is 38.8 Å². The van der Waals surface area contributed by atoms with Gasteiger partial charge in [-0.05, 0) is 82.1 Å². The first-order chi connectivity index (χ1) is 27.7. The van der Waals surface area contributed by atoms with Crippen molar-refractivity contribution in [2.75, 3.05) is 71.3 Å². The van der Waals surface area contributed by atoms with Crippen LogP contribution in [0.15, 0.2) is 77.0 Å². The Morgan fingerprint density at radius 1 is 0.983 bits per heavy atom. The number of esters is 1. The molecule has 2 amide bonds. The van der Waals surface area contributed by atoms with Crippen molar-refractivity contribution in [3.05, 3.63) is 77.0 Å². The summed E-state index contributed by atoms with van der Waals surface area (Å²) in [5, 5.41) is 8.79. The largest absolute Gasteiger partial charge is 1.00 e. The molecule has 0 radical (unpaired) electrons. The number of amides is 2. The number of carboxylic acids is 1. The number of nitrogens with zero attached hydrogens (tertiary/aromatic N) is 6. The SMILES string of the molecule is CCN(C)CC.CCN1C=CC(=C2SC(=S)N(CC(=O)O)C2=O)C=C1.COc1ccc2c(c1)O/C(=C/C=C1\C(=O)N(C)C(=S)N1CC(=O)OCC(C)=O)N2CS(=O)(=O)O.[Na+]. The van der Waals surface area contributed by atoms with Crippen LogP contribution in [-0.4, -0.2) is 148 Å². The Balaban J connectivity index is 0.000000400. The number of rotatable bonds is 13. The molecule has 18 nitrogen and oxygen atoms in total. The van der Waals surface area contributed by atoms with Crippen molar-refractivity contribution >= 4 is 91.0 Å². The minimum absolute atomic E-state index is 0. The average Bonchev–Trinajstić information content (AvgIpc) is 3.75. The summed E-state index contributed by atoms with van der Waals surface area (Å²) in [5.74, 6) is -3.17. The number of benzene rings is 1. The topological polar surface area (TPSA) is 207 Å². The van der Waals surface area contributed by atoms with Crippen LogP contribution in [0.25, 0.3) is 0 Å². The number of ketones is 1. The van der Waals surface area contributed by atoms with E-state index in [9.17, 15) is 36.9 Å². The van der Waals surface area contributed by atoms with E-state index >= 15 is 0 Å². The van der Waals surface area contributed by atoms with E-state index in [0.29, 0.717) is 16.3 Å². The van der Waals surface area contributed by atoms with Crippen molar-refractivity contribution in [1.29, 1.82) is 0 Å². The number of carbonyl (C=O) groups is 5. The second-order valence-electron chi connectivity index (χ2n) is 12.6. The van der Waals surface area contributed by atoms with Gasteiger partial charge in [0.2, 0.25) is 5.88 Å². The number of ether oxygens (including phenoxy) is 3. The van der Waals surface area contributed by atoms with Crippen LogP contribution in [0, 0.1) is 0 Å². The normalized spacial score (nSPS) is 17.1. The van der Waals surface area contributed by atoms with Gasteiger partial charge in [0.15, 0.2) is 22.5 Å². The summed E-state index contributed by atoms with van der Waals surface area (Å²) < 4.78 is 48.5. The number of Topliss-reactive ketones (excluding diaryl/α,β-unsaturated/α-hetero) is 1. The number of thioether (sulfide) groups is 1. The summed E-state index contributed by atoms with van der Waals surface area (Å²) in [6, 6.07) is 4.67. The Labute approximate surface area is 386 Å². The van der Waals surface area contributed by atoms with Crippen LogP contribution >= 0.6 is 36.2 Å². The van der Waals surface area contributed by atoms with E-state index < -0.39 is 53.5 Å². The number of methoxy groups -OCH3 is 1. The number of hydrogen-bond acceptors (Lipinski definition) is 16. The van der Waals surface area contributed by atoms with E-state index in [1.165, 1.54) is 49.1 Å². The fourth-order valence-electron chi connectivity index (χ4n) is 5.00. The molecular weight excluding hydrogens is 872 g/mol. The van der Waals surface area contributed by atoms with Gasteiger partial charge in [0.25, 0.3) is 21.9 Å². The van der Waals surface area contributed by atoms with Crippen molar-refractivity contribution < 1.29 is 85.8 Å². The first-order valence-corrected chi connectivity index (χ1v) is 21.0. The maximum atomic E-state index is 12.7. The summed E-state index contributed by atoms with van der Waals surface area (Å²) in [6.07, 6.45) is 10.0. The Kier molecular flexibility index (Phi) is 20.6. The molecule has 60 heavy (non-hydrogen) atoms. The molecule has 4 aliphatic heterocycles. The van der Waals surface area contributed by atoms with Gasteiger partial charge < -0.3 is 34.0 Å². The zero-order valence-electron chi connectivity index (χ0n) is 34.4. The second-order valence-corrected chi connectivity index (χ2v) is 16.0. The van der Waals surface area contributed by atoms with Gasteiger partial charge in [-0.1, -0.05) is 37.8 Å². The number of thiocarbonyl (C=S) groups is 2. The number of allylic oxidation sites excluding steroid dienone is 5. The third-order valence-electron chi connectivity index (χ3n) is 8.41. The van der Waals surface area contributed by atoms with Gasteiger partial charge in [-0.15, -0.1) is 0 Å². The van der Waals surface area contributed by atoms with Crippen LogP contribution in [0.1, 0.15) is 27.7 Å². The van der Waals surface area contributed by atoms with Crippen LogP contribution in [0.5, 0.6) is 11.5 Å². The van der Waals surface area contributed by atoms with Crippen molar-refractivity contribution in [3.63, 3.8) is 0 Å². The van der Waals surface area contributed by atoms with Gasteiger partial charge in [0, 0.05) is 38.1 Å². The molecule has 0 unspecified atom stereocenters. The molecule has 0 spiro atoms. The molecule has 1 aromatic carbocycles. The maximum absolute atomic E-state index is 12.7. The number of carboxylic acid groups (broad SMARTS) is 1. The molecule has 4 aliphatic rings. The number of aliphatic carboxylic acids is 1. The fraction of sp³-hybridized carbons (Fsp3) is 0.378. The van der Waals surface area contributed by atoms with E-state index in [1.807, 2.05) is 36.4 Å². The standard InChI is InChI=1S/C20H21N3O9S2.C12H12N2O3S2.C5H13N.Na/c1-12(24)10-31-18(25)9-22-15(19(26)21(2)20(22)33)6-7-17-23(11-34(27,28)29)14-5-4-13(30-3)8-16(14)32-17;1-2-13-5-3-8(4-6-13)10-11(17)14(7-9(15)16)12(18)19-10;1-4-6(3)5-2;/h4-8H,9-11H2,1-3H3,(H,27,28,29);3-6H,2,7H2,1H3,(H,15,16);4-5H2,1-3H3;/q;;;+1/b15-6+,17-7+;;;. The van der Waals surface area contributed by atoms with Crippen LogP contribution in [0.2, 0.25) is 0 Å². The van der Waals surface area contributed by atoms with E-state index in [0.717, 1.165) is 46.8 Å². The predicted octanol–water partition coefficient (Wildman–Crippen LogP) is 0.166. The number of hydrogen-bond donors (Lipinski definition) is 2. The Bertz CT molecular complexity index is 2100. The molecular formula is C37H46N6NaO12S4+. The van der Waals surface area contributed by atoms with Gasteiger partial charge in [0.05, 0.1) is 17.7 Å². The molecule has 4 heterocycles. The van der Waals surface area contributed by atoms with E-state index in [4.69, 9.17) is 43.8 Å². The summed E-state index contributed by atoms with van der Waals surface area (Å²) in [5.41, 5.74) is 1.09. The van der Waals surface area contributed by atoms with Crippen LogP contribution in [0.4, 0.5) is 5.69 Å². The smallest absolute Gasteiger partial charge is 0.497 e. The van der Waals surface area contributed by atoms with Gasteiger partial charge in [-0.3, -0.25) is 43.2 Å². The molecule has 0 saturated carbocycles. The van der Waals surface area contributed by atoms with Crippen LogP contribution in [0.3, 0.4) is 0 Å². The molecule has 320 valence electrons. The summed E-state index contributed by atoms with van der Waals surface area (Å²) in [7, 11) is 0.540. The van der Waals surface area contributed by atoms with Gasteiger partial charge >= 0.3 is 41.5 Å². The Hall–Kier alpha value is -4.13. The first kappa shape index (κ1) is 52.0. The molecule has 2 fully saturated rings. The molecule has 0 aliphatic carbocycles. The van der Waals surface area contributed by atoms with Crippen molar-refractivity contribution in [2.24, 2.45) is 0 Å². The van der Waals surface area contributed by atoms with E-state index in [1.54, 1.807) is 12.1 Å². The third kappa shape index (κ3) is 14.5. The molecule has 2 N–H and O–H groups in total. The molecule has 5 rings (SSSR count). The molecule has 0 bridgehead atoms. The molecule has 23 heteroatoms. The van der Waals surface area contributed by atoms with E-state index in [2.05, 4.69) is 25.8 Å². The summed E-state index contributed by atoms with van der Waals surface area (Å²) in [6.45, 7) is 9.54. The predicted molar refractivity (Wildman–Crippen MR) is 228 cm³/mol. The number of anilines is 1. The maximum Gasteiger partial charge on any atom is 1.00 e. The minimum Gasteiger partial charge on any atom is -0.497 e. The molecule has 1 aromatic rings. The monoisotopic (exact) mass is 917 g/mol. The van der Waals surface area contributed by atoms with Gasteiger partial charge in [-0.2, -0.15) is 8.42 Å². The molecule has 2 saturated heterocycles. The second kappa shape index (κ2) is 23.8. The quantitative estimate of drug-likeness (QED) is 0.0889. The first-order valence-electron chi connectivity index (χ1n) is 17.8. The average molecular weight is 918 g/mol. The third-order valence-corrected chi connectivity index (χ3v) is 11.0. The Morgan fingerprint density at radius 2 is 1.62 bits per heavy atom. The van der Waals surface area contributed by atoms with Crippen molar-refractivity contribution in [3.8, 4) is 11.5 Å². The number of fused-ring (bicyclic) bond motifs is 1.